The Hall–Kier alpha value is -4.61. The van der Waals surface area contributed by atoms with Gasteiger partial charge < -0.3 is 14.4 Å². The van der Waals surface area contributed by atoms with Crippen LogP contribution in [-0.4, -0.2) is 16.2 Å². The number of hydrogen-bond donors (Lipinski definition) is 1. The molecule has 1 heterocycles. The Labute approximate surface area is 238 Å². The van der Waals surface area contributed by atoms with Crippen LogP contribution in [0, 0.1) is 0 Å². The molecule has 0 fully saturated rings. The van der Waals surface area contributed by atoms with E-state index in [0.29, 0.717) is 10.8 Å². The van der Waals surface area contributed by atoms with Gasteiger partial charge in [-0.3, -0.25) is 0 Å². The minimum atomic E-state index is -0.962. The first-order valence-corrected chi connectivity index (χ1v) is 13.3. The lowest BCUT2D eigenvalue weighted by Gasteiger charge is -2.11. The summed E-state index contributed by atoms with van der Waals surface area (Å²) < 4.78 is 11.9. The molecule has 5 nitrogen and oxygen atoms in total. The number of rotatable bonds is 9. The fraction of sp³-hybridized carbons (Fsp3) is 0.118. The lowest BCUT2D eigenvalue weighted by molar-refractivity contribution is 0.0697. The fourth-order valence-corrected chi connectivity index (χ4v) is 4.68. The number of carboxylic acids is 1. The van der Waals surface area contributed by atoms with E-state index < -0.39 is 5.97 Å². The maximum Gasteiger partial charge on any atom is 0.335 e. The van der Waals surface area contributed by atoms with Crippen LogP contribution >= 0.6 is 11.6 Å². The van der Waals surface area contributed by atoms with E-state index in [-0.39, 0.29) is 18.1 Å². The molecular formula is C34H28ClNO4. The number of carbonyl (C=O) groups is 1. The summed E-state index contributed by atoms with van der Waals surface area (Å²) in [5.74, 6) is 0.586. The molecule has 0 radical (unpaired) electrons. The molecule has 0 unspecified atom stereocenters. The molecule has 1 N–H and O–H groups in total. The van der Waals surface area contributed by atoms with E-state index in [1.54, 1.807) is 24.3 Å². The first-order chi connectivity index (χ1) is 19.4. The molecule has 0 aliphatic heterocycles. The highest BCUT2D eigenvalue weighted by molar-refractivity contribution is 6.32. The molecule has 0 bridgehead atoms. The van der Waals surface area contributed by atoms with Gasteiger partial charge in [0.2, 0.25) is 0 Å². The smallest absolute Gasteiger partial charge is 0.335 e. The molecule has 5 aromatic rings. The van der Waals surface area contributed by atoms with Crippen molar-refractivity contribution in [3.8, 4) is 28.1 Å². The van der Waals surface area contributed by atoms with Crippen LogP contribution in [-0.2, 0) is 6.61 Å². The number of ether oxygens (including phenoxy) is 1. The highest BCUT2D eigenvalue weighted by atomic mass is 35.5. The van der Waals surface area contributed by atoms with Gasteiger partial charge >= 0.3 is 5.97 Å². The van der Waals surface area contributed by atoms with Gasteiger partial charge in [0.1, 0.15) is 23.8 Å². The van der Waals surface area contributed by atoms with E-state index in [1.807, 2.05) is 48.6 Å². The van der Waals surface area contributed by atoms with E-state index >= 15 is 0 Å². The first kappa shape index (κ1) is 27.0. The van der Waals surface area contributed by atoms with Crippen LogP contribution in [0.3, 0.4) is 0 Å². The highest BCUT2D eigenvalue weighted by Crippen LogP contribution is 2.33. The second-order valence-electron chi connectivity index (χ2n) is 9.71. The van der Waals surface area contributed by atoms with Crippen LogP contribution < -0.4 is 4.74 Å². The summed E-state index contributed by atoms with van der Waals surface area (Å²) in [5.41, 5.74) is 6.71. The summed E-state index contributed by atoms with van der Waals surface area (Å²) in [7, 11) is 0. The van der Waals surface area contributed by atoms with Crippen molar-refractivity contribution in [2.75, 3.05) is 0 Å². The van der Waals surface area contributed by atoms with Crippen molar-refractivity contribution in [1.82, 2.24) is 5.16 Å². The van der Waals surface area contributed by atoms with E-state index in [4.69, 9.17) is 20.9 Å². The number of benzene rings is 4. The Kier molecular flexibility index (Phi) is 8.13. The molecule has 0 amide bonds. The molecular weight excluding hydrogens is 522 g/mol. The SMILES string of the molecule is CC(C)c1onc(-c2ccc(-c3ccccc3)cc2)c1COc1ccc(/C=C/c2cccc(C(=O)O)c2)c(Cl)c1. The quantitative estimate of drug-likeness (QED) is 0.185. The van der Waals surface area contributed by atoms with Crippen LogP contribution in [0.2, 0.25) is 5.02 Å². The van der Waals surface area contributed by atoms with Gasteiger partial charge in [0, 0.05) is 11.5 Å². The number of carboxylic acid groups (broad SMARTS) is 1. The van der Waals surface area contributed by atoms with Gasteiger partial charge in [0.25, 0.3) is 0 Å². The van der Waals surface area contributed by atoms with E-state index in [9.17, 15) is 9.90 Å². The third kappa shape index (κ3) is 6.16. The number of hydrogen-bond acceptors (Lipinski definition) is 4. The maximum absolute atomic E-state index is 11.2. The second kappa shape index (κ2) is 12.1. The lowest BCUT2D eigenvalue weighted by Crippen LogP contribution is -2.01. The summed E-state index contributed by atoms with van der Waals surface area (Å²) in [6.07, 6.45) is 3.68. The molecule has 1 aromatic heterocycles. The molecule has 0 saturated heterocycles. The van der Waals surface area contributed by atoms with Crippen molar-refractivity contribution in [3.63, 3.8) is 0 Å². The van der Waals surface area contributed by atoms with Crippen molar-refractivity contribution in [3.05, 3.63) is 130 Å². The average molecular weight is 550 g/mol. The molecule has 0 aliphatic carbocycles. The van der Waals surface area contributed by atoms with Crippen LogP contribution in [0.1, 0.15) is 52.6 Å². The Morgan fingerprint density at radius 3 is 2.33 bits per heavy atom. The number of aromatic carboxylic acids is 1. The molecule has 5 rings (SSSR count). The third-order valence-electron chi connectivity index (χ3n) is 6.55. The van der Waals surface area contributed by atoms with Crippen molar-refractivity contribution >= 4 is 29.7 Å². The van der Waals surface area contributed by atoms with Gasteiger partial charge in [0.15, 0.2) is 0 Å². The Bertz CT molecular complexity index is 1650. The fourth-order valence-electron chi connectivity index (χ4n) is 4.44. The highest BCUT2D eigenvalue weighted by Gasteiger charge is 2.21. The molecule has 40 heavy (non-hydrogen) atoms. The van der Waals surface area contributed by atoms with E-state index in [0.717, 1.165) is 44.8 Å². The van der Waals surface area contributed by atoms with Gasteiger partial charge in [-0.15, -0.1) is 0 Å². The molecule has 200 valence electrons. The maximum atomic E-state index is 11.2. The summed E-state index contributed by atoms with van der Waals surface area (Å²) in [4.78, 5) is 11.2. The molecule has 0 saturated carbocycles. The van der Waals surface area contributed by atoms with E-state index in [1.165, 1.54) is 0 Å². The predicted molar refractivity (Wildman–Crippen MR) is 160 cm³/mol. The zero-order valence-corrected chi connectivity index (χ0v) is 22.9. The van der Waals surface area contributed by atoms with Crippen LogP contribution in [0.25, 0.3) is 34.5 Å². The minimum absolute atomic E-state index is 0.138. The van der Waals surface area contributed by atoms with Crippen molar-refractivity contribution < 1.29 is 19.2 Å². The van der Waals surface area contributed by atoms with Crippen LogP contribution in [0.5, 0.6) is 5.75 Å². The van der Waals surface area contributed by atoms with Crippen LogP contribution in [0.15, 0.2) is 102 Å². The molecule has 0 aliphatic rings. The standard InChI is InChI=1S/C34H28ClNO4/c1-22(2)33-30(32(36-40-33)27-15-13-25(14-16-27)24-8-4-3-5-9-24)21-39-29-18-17-26(31(35)20-29)12-11-23-7-6-10-28(19-23)34(37)38/h3-20,22H,21H2,1-2H3,(H,37,38)/b12-11+. The zero-order chi connectivity index (χ0) is 28.1. The Balaban J connectivity index is 1.33. The second-order valence-corrected chi connectivity index (χ2v) is 10.1. The topological polar surface area (TPSA) is 72.6 Å². The lowest BCUT2D eigenvalue weighted by atomic mass is 9.99. The molecule has 6 heteroatoms. The van der Waals surface area contributed by atoms with Gasteiger partial charge in [-0.05, 0) is 52.6 Å². The largest absolute Gasteiger partial charge is 0.489 e. The van der Waals surface area contributed by atoms with Gasteiger partial charge in [-0.2, -0.15) is 0 Å². The van der Waals surface area contributed by atoms with Crippen LogP contribution in [0.4, 0.5) is 0 Å². The summed E-state index contributed by atoms with van der Waals surface area (Å²) in [6, 6.07) is 30.7. The molecule has 4 aromatic carbocycles. The monoisotopic (exact) mass is 549 g/mol. The van der Waals surface area contributed by atoms with Crippen molar-refractivity contribution in [2.45, 2.75) is 26.4 Å². The minimum Gasteiger partial charge on any atom is -0.489 e. The molecule has 0 spiro atoms. The first-order valence-electron chi connectivity index (χ1n) is 13.0. The van der Waals surface area contributed by atoms with Gasteiger partial charge in [-0.1, -0.05) is 109 Å². The normalized spacial score (nSPS) is 11.3. The summed E-state index contributed by atoms with van der Waals surface area (Å²) >= 11 is 6.56. The predicted octanol–water partition coefficient (Wildman–Crippen LogP) is 9.23. The third-order valence-corrected chi connectivity index (χ3v) is 6.88. The summed E-state index contributed by atoms with van der Waals surface area (Å²) in [5, 5.41) is 14.1. The van der Waals surface area contributed by atoms with Gasteiger partial charge in [0.05, 0.1) is 16.1 Å². The van der Waals surface area contributed by atoms with Gasteiger partial charge in [-0.25, -0.2) is 4.79 Å². The number of nitrogens with zero attached hydrogens (tertiary/aromatic N) is 1. The van der Waals surface area contributed by atoms with Crippen molar-refractivity contribution in [2.24, 2.45) is 0 Å². The average Bonchev–Trinajstić information content (AvgIpc) is 3.40. The van der Waals surface area contributed by atoms with Crippen molar-refractivity contribution in [1.29, 1.82) is 0 Å². The zero-order valence-electron chi connectivity index (χ0n) is 22.2. The Morgan fingerprint density at radius 1 is 0.900 bits per heavy atom. The number of halogens is 1. The summed E-state index contributed by atoms with van der Waals surface area (Å²) in [6.45, 7) is 4.41. The van der Waals surface area contributed by atoms with E-state index in [2.05, 4.69) is 55.4 Å². The Morgan fingerprint density at radius 2 is 1.62 bits per heavy atom. The number of aromatic nitrogens is 1. The molecule has 0 atom stereocenters.